The Morgan fingerprint density at radius 1 is 1.04 bits per heavy atom. The van der Waals surface area contributed by atoms with E-state index in [0.29, 0.717) is 37.0 Å². The molecule has 2 heteroatoms. The van der Waals surface area contributed by atoms with Gasteiger partial charge in [-0.1, -0.05) is 26.6 Å². The van der Waals surface area contributed by atoms with Crippen LogP contribution < -0.4 is 0 Å². The minimum atomic E-state index is -0.920. The van der Waals surface area contributed by atoms with E-state index in [0.717, 1.165) is 32.1 Å². The van der Waals surface area contributed by atoms with Gasteiger partial charge in [0.05, 0.1) is 0 Å². The molecule has 0 amide bonds. The number of fused-ring (bicyclic) bond motifs is 7. The predicted octanol–water partition coefficient (Wildman–Crippen LogP) is 5.97. The van der Waals surface area contributed by atoms with Gasteiger partial charge in [-0.25, -0.2) is 0 Å². The Hall–Kier alpha value is -0.660. The first kappa shape index (κ1) is 14.3. The standard InChI is InChI=1S/C25H38O2/c1-16(26)25-11-5-4-6-18(25)15-22-20-8-7-17-14-19(27)9-12-23(17,2)21(20)10-13-24(22,25)3/h17-18,20-22H,4-15H2,1-3H3/t17-,18-,20-,21+,22+,23+,24+,25+/m1/s1/i4T,5T,9T,12T/t4?,5?,9?,12?,17-,18-,20-,21+,22+,23+,24+,25+. The number of hydrogen-bond acceptors (Lipinski definition) is 2. The first-order valence-electron chi connectivity index (χ1n) is 13.5. The van der Waals surface area contributed by atoms with Crippen LogP contribution in [0.3, 0.4) is 0 Å². The molecule has 0 aromatic heterocycles. The average molecular weight is 379 g/mol. The Morgan fingerprint density at radius 2 is 1.85 bits per heavy atom. The number of carbonyl (C=O) groups is 2. The van der Waals surface area contributed by atoms with Gasteiger partial charge in [0.15, 0.2) is 0 Å². The van der Waals surface area contributed by atoms with Crippen LogP contribution in [0.1, 0.15) is 103 Å². The van der Waals surface area contributed by atoms with Gasteiger partial charge in [-0.05, 0) is 98.7 Å². The van der Waals surface area contributed by atoms with Crippen molar-refractivity contribution in [1.82, 2.24) is 0 Å². The maximum absolute atomic E-state index is 13.3. The largest absolute Gasteiger partial charge is 0.300 e. The van der Waals surface area contributed by atoms with E-state index in [1.54, 1.807) is 6.92 Å². The molecule has 4 unspecified atom stereocenters. The minimum Gasteiger partial charge on any atom is -0.300 e. The van der Waals surface area contributed by atoms with Crippen LogP contribution in [0.4, 0.5) is 0 Å². The molecule has 0 saturated heterocycles. The average Bonchev–Trinajstić information content (AvgIpc) is 2.97. The summed E-state index contributed by atoms with van der Waals surface area (Å²) in [6.45, 7) is 6.25. The van der Waals surface area contributed by atoms with Crippen LogP contribution in [0.15, 0.2) is 0 Å². The molecular formula is C25H38O2. The normalized spacial score (nSPS) is 67.5. The highest BCUT2D eigenvalue weighted by Gasteiger charge is 2.69. The second kappa shape index (κ2) is 5.92. The van der Waals surface area contributed by atoms with Gasteiger partial charge < -0.3 is 0 Å². The van der Waals surface area contributed by atoms with E-state index in [-0.39, 0.29) is 34.2 Å². The van der Waals surface area contributed by atoms with Crippen LogP contribution >= 0.6 is 0 Å². The summed E-state index contributed by atoms with van der Waals surface area (Å²) < 4.78 is 34.2. The maximum Gasteiger partial charge on any atom is 0.136 e. The Labute approximate surface area is 170 Å². The fourth-order valence-corrected chi connectivity index (χ4v) is 8.98. The molecule has 5 aliphatic rings. The second-order valence-corrected chi connectivity index (χ2v) is 10.8. The monoisotopic (exact) mass is 378 g/mol. The van der Waals surface area contributed by atoms with Gasteiger partial charge in [0.2, 0.25) is 0 Å². The highest BCUT2D eigenvalue weighted by molar-refractivity contribution is 5.84. The van der Waals surface area contributed by atoms with Crippen molar-refractivity contribution < 1.29 is 15.1 Å². The van der Waals surface area contributed by atoms with Crippen molar-refractivity contribution in [2.24, 2.45) is 45.8 Å². The highest BCUT2D eigenvalue weighted by atomic mass is 16.1. The molecule has 0 N–H and O–H groups in total. The quantitative estimate of drug-likeness (QED) is 0.563. The van der Waals surface area contributed by atoms with Gasteiger partial charge in [0.1, 0.15) is 11.6 Å². The SMILES string of the molecule is [3H]C1C[C@@H]2C[C@H]3[C@@H]4CC[C@@H]5CC(=O)C([3H])C([3H])[C@]5(C)[C@H]4CC[C@]3(C)[C@]2(C(C)=O)CC1[3H]. The Bertz CT molecular complexity index is 798. The van der Waals surface area contributed by atoms with E-state index in [1.807, 2.05) is 0 Å². The van der Waals surface area contributed by atoms with E-state index in [4.69, 9.17) is 5.48 Å². The van der Waals surface area contributed by atoms with Gasteiger partial charge in [-0.2, -0.15) is 0 Å². The van der Waals surface area contributed by atoms with Crippen molar-refractivity contribution >= 4 is 11.6 Å². The summed E-state index contributed by atoms with van der Waals surface area (Å²) in [5.74, 6) is 1.78. The van der Waals surface area contributed by atoms with Crippen LogP contribution in [0.25, 0.3) is 0 Å². The molecule has 12 atom stereocenters. The first-order chi connectivity index (χ1) is 14.5. The second-order valence-electron chi connectivity index (χ2n) is 10.8. The summed E-state index contributed by atoms with van der Waals surface area (Å²) >= 11 is 0. The lowest BCUT2D eigenvalue weighted by molar-refractivity contribution is -0.157. The lowest BCUT2D eigenvalue weighted by Crippen LogP contribution is -2.56. The summed E-state index contributed by atoms with van der Waals surface area (Å²) in [6, 6.07) is 0. The number of Topliss-reactive ketones (excluding diaryl/α,β-unsaturated/α-hetero) is 2. The summed E-state index contributed by atoms with van der Waals surface area (Å²) in [5, 5.41) is 0. The predicted molar refractivity (Wildman–Crippen MR) is 107 cm³/mol. The maximum atomic E-state index is 13.3. The topological polar surface area (TPSA) is 34.1 Å². The van der Waals surface area contributed by atoms with E-state index >= 15 is 0 Å². The molecule has 5 saturated carbocycles. The molecule has 0 aromatic carbocycles. The molecule has 0 heterocycles. The third-order valence-corrected chi connectivity index (χ3v) is 10.3. The zero-order valence-corrected chi connectivity index (χ0v) is 17.2. The molecule has 0 radical (unpaired) electrons. The van der Waals surface area contributed by atoms with E-state index in [9.17, 15) is 9.59 Å². The van der Waals surface area contributed by atoms with Crippen molar-refractivity contribution in [3.05, 3.63) is 0 Å². The molecule has 0 aliphatic heterocycles. The number of hydrogen-bond donors (Lipinski definition) is 0. The Kier molecular flexibility index (Phi) is 3.15. The lowest BCUT2D eigenvalue weighted by atomic mass is 9.42. The van der Waals surface area contributed by atoms with Crippen LogP contribution in [0.2, 0.25) is 0 Å². The Morgan fingerprint density at radius 3 is 2.63 bits per heavy atom. The fourth-order valence-electron chi connectivity index (χ4n) is 8.98. The number of rotatable bonds is 1. The molecule has 5 rings (SSSR count). The molecule has 5 fully saturated rings. The molecule has 27 heavy (non-hydrogen) atoms. The van der Waals surface area contributed by atoms with Gasteiger partial charge in [-0.3, -0.25) is 9.59 Å². The molecular weight excluding hydrogens is 332 g/mol. The van der Waals surface area contributed by atoms with E-state index < -0.39 is 31.0 Å². The van der Waals surface area contributed by atoms with Crippen LogP contribution in [-0.4, -0.2) is 11.6 Å². The third-order valence-electron chi connectivity index (χ3n) is 10.3. The van der Waals surface area contributed by atoms with Gasteiger partial charge in [-0.15, -0.1) is 0 Å². The molecule has 2 nitrogen and oxygen atoms in total. The zero-order chi connectivity index (χ0) is 22.5. The van der Waals surface area contributed by atoms with Crippen molar-refractivity contribution in [3.63, 3.8) is 0 Å². The fraction of sp³-hybridized carbons (Fsp3) is 0.920. The zero-order valence-electron chi connectivity index (χ0n) is 21.2. The summed E-state index contributed by atoms with van der Waals surface area (Å²) in [6.07, 6.45) is 4.12. The summed E-state index contributed by atoms with van der Waals surface area (Å²) in [7, 11) is 0. The van der Waals surface area contributed by atoms with Gasteiger partial charge in [0, 0.05) is 23.7 Å². The van der Waals surface area contributed by atoms with Crippen molar-refractivity contribution in [2.45, 2.75) is 97.7 Å². The Balaban J connectivity index is 1.54. The number of carbonyl (C=O) groups excluding carboxylic acids is 2. The molecule has 150 valence electrons. The number of ketones is 2. The smallest absolute Gasteiger partial charge is 0.136 e. The van der Waals surface area contributed by atoms with Crippen LogP contribution in [0, 0.1) is 45.8 Å². The first-order valence-corrected chi connectivity index (χ1v) is 11.2. The van der Waals surface area contributed by atoms with Gasteiger partial charge >= 0.3 is 0 Å². The van der Waals surface area contributed by atoms with Crippen molar-refractivity contribution in [1.29, 1.82) is 0 Å². The summed E-state index contributed by atoms with van der Waals surface area (Å²) in [4.78, 5) is 25.6. The van der Waals surface area contributed by atoms with Crippen molar-refractivity contribution in [2.75, 3.05) is 0 Å². The van der Waals surface area contributed by atoms with E-state index in [1.165, 1.54) is 0 Å². The van der Waals surface area contributed by atoms with Crippen LogP contribution in [0.5, 0.6) is 0 Å². The summed E-state index contributed by atoms with van der Waals surface area (Å²) in [5.41, 5.74) is -0.890. The highest BCUT2D eigenvalue weighted by Crippen LogP contribution is 2.74. The van der Waals surface area contributed by atoms with E-state index in [2.05, 4.69) is 13.8 Å². The lowest BCUT2D eigenvalue weighted by Gasteiger charge is -2.62. The molecule has 0 spiro atoms. The minimum absolute atomic E-state index is 0.0491. The van der Waals surface area contributed by atoms with Crippen LogP contribution in [-0.2, 0) is 9.59 Å². The third kappa shape index (κ3) is 2.19. The van der Waals surface area contributed by atoms with Crippen molar-refractivity contribution in [3.8, 4) is 0 Å². The van der Waals surface area contributed by atoms with Gasteiger partial charge in [0.25, 0.3) is 0 Å². The molecule has 0 bridgehead atoms. The molecule has 5 aliphatic carbocycles. The molecule has 0 aromatic rings.